The van der Waals surface area contributed by atoms with Crippen molar-refractivity contribution in [3.05, 3.63) is 29.8 Å². The molecule has 1 N–H and O–H groups in total. The highest BCUT2D eigenvalue weighted by Crippen LogP contribution is 2.42. The Morgan fingerprint density at radius 1 is 1.26 bits per heavy atom. The molecular formula is C16H24N2O. The number of nitrogens with one attached hydrogen (secondary N) is 1. The van der Waals surface area contributed by atoms with Crippen molar-refractivity contribution >= 4 is 0 Å². The van der Waals surface area contributed by atoms with Gasteiger partial charge in [-0.15, -0.1) is 0 Å². The Balaban J connectivity index is 1.83. The quantitative estimate of drug-likeness (QED) is 0.880. The number of rotatable bonds is 5. The summed E-state index contributed by atoms with van der Waals surface area (Å²) in [6.07, 6.45) is 4.12. The van der Waals surface area contributed by atoms with Crippen LogP contribution >= 0.6 is 0 Å². The van der Waals surface area contributed by atoms with Crippen LogP contribution in [0, 0.1) is 5.92 Å². The van der Waals surface area contributed by atoms with Gasteiger partial charge in [0.25, 0.3) is 0 Å². The first-order chi connectivity index (χ1) is 9.38. The number of piperazine rings is 1. The Morgan fingerprint density at radius 2 is 2.00 bits per heavy atom. The van der Waals surface area contributed by atoms with Crippen LogP contribution in [-0.4, -0.2) is 38.2 Å². The molecule has 0 bridgehead atoms. The van der Waals surface area contributed by atoms with Gasteiger partial charge in [-0.1, -0.05) is 31.0 Å². The molecule has 2 fully saturated rings. The summed E-state index contributed by atoms with van der Waals surface area (Å²) in [5.74, 6) is 1.98. The lowest BCUT2D eigenvalue weighted by Gasteiger charge is -2.36. The molecule has 104 valence electrons. The van der Waals surface area contributed by atoms with Gasteiger partial charge in [-0.25, -0.2) is 0 Å². The lowest BCUT2D eigenvalue weighted by atomic mass is 9.97. The van der Waals surface area contributed by atoms with E-state index < -0.39 is 0 Å². The number of para-hydroxylation sites is 1. The fraction of sp³-hybridized carbons (Fsp3) is 0.625. The molecular weight excluding hydrogens is 236 g/mol. The smallest absolute Gasteiger partial charge is 0.123 e. The van der Waals surface area contributed by atoms with Crippen molar-refractivity contribution in [2.45, 2.75) is 25.3 Å². The number of ether oxygens (including phenoxy) is 1. The summed E-state index contributed by atoms with van der Waals surface area (Å²) < 4.78 is 5.58. The standard InChI is InChI=1S/C16H24N2O/c1-19-16-5-3-2-4-14(16)15(12-13-6-7-13)18-10-8-17-9-11-18/h2-5,13,15,17H,6-12H2,1H3/t15-/m1/s1. The highest BCUT2D eigenvalue weighted by molar-refractivity contribution is 5.36. The topological polar surface area (TPSA) is 24.5 Å². The van der Waals surface area contributed by atoms with Gasteiger partial charge in [-0.05, 0) is 18.4 Å². The molecule has 1 aliphatic carbocycles. The molecule has 0 aromatic heterocycles. The maximum Gasteiger partial charge on any atom is 0.123 e. The molecule has 1 heterocycles. The van der Waals surface area contributed by atoms with Gasteiger partial charge in [-0.2, -0.15) is 0 Å². The summed E-state index contributed by atoms with van der Waals surface area (Å²) >= 11 is 0. The maximum absolute atomic E-state index is 5.58. The summed E-state index contributed by atoms with van der Waals surface area (Å²) in [6.45, 7) is 4.51. The van der Waals surface area contributed by atoms with Crippen molar-refractivity contribution in [1.29, 1.82) is 0 Å². The molecule has 1 atom stereocenters. The van der Waals surface area contributed by atoms with Crippen LogP contribution in [0.4, 0.5) is 0 Å². The minimum Gasteiger partial charge on any atom is -0.496 e. The molecule has 0 spiro atoms. The van der Waals surface area contributed by atoms with Crippen LogP contribution in [0.25, 0.3) is 0 Å². The molecule has 0 amide bonds. The maximum atomic E-state index is 5.58. The predicted molar refractivity (Wildman–Crippen MR) is 77.5 cm³/mol. The van der Waals surface area contributed by atoms with Gasteiger partial charge in [0.05, 0.1) is 7.11 Å². The first-order valence-electron chi connectivity index (χ1n) is 7.46. The fourth-order valence-corrected chi connectivity index (χ4v) is 3.08. The molecule has 1 aromatic rings. The normalized spacial score (nSPS) is 22.2. The van der Waals surface area contributed by atoms with E-state index in [1.165, 1.54) is 24.8 Å². The molecule has 3 heteroatoms. The van der Waals surface area contributed by atoms with Crippen molar-refractivity contribution in [2.24, 2.45) is 5.92 Å². The van der Waals surface area contributed by atoms with E-state index in [1.807, 2.05) is 0 Å². The van der Waals surface area contributed by atoms with E-state index in [1.54, 1.807) is 7.11 Å². The first kappa shape index (κ1) is 12.9. The largest absolute Gasteiger partial charge is 0.496 e. The number of methoxy groups -OCH3 is 1. The SMILES string of the molecule is COc1ccccc1[C@@H](CC1CC1)N1CCNCC1. The molecule has 1 aromatic carbocycles. The second-order valence-electron chi connectivity index (χ2n) is 5.72. The molecule has 1 saturated carbocycles. The molecule has 3 rings (SSSR count). The molecule has 3 nitrogen and oxygen atoms in total. The van der Waals surface area contributed by atoms with E-state index in [0.29, 0.717) is 6.04 Å². The van der Waals surface area contributed by atoms with E-state index in [0.717, 1.165) is 37.8 Å². The van der Waals surface area contributed by atoms with E-state index in [2.05, 4.69) is 34.5 Å². The minimum absolute atomic E-state index is 0.533. The average Bonchev–Trinajstić information content (AvgIpc) is 3.30. The van der Waals surface area contributed by atoms with Crippen molar-refractivity contribution in [1.82, 2.24) is 10.2 Å². The third kappa shape index (κ3) is 3.10. The Labute approximate surface area is 115 Å². The van der Waals surface area contributed by atoms with E-state index >= 15 is 0 Å². The van der Waals surface area contributed by atoms with Crippen LogP contribution in [0.3, 0.4) is 0 Å². The zero-order valence-electron chi connectivity index (χ0n) is 11.8. The molecule has 1 aliphatic heterocycles. The third-order valence-corrected chi connectivity index (χ3v) is 4.34. The van der Waals surface area contributed by atoms with Gasteiger partial charge in [-0.3, -0.25) is 4.90 Å². The molecule has 0 unspecified atom stereocenters. The molecule has 1 saturated heterocycles. The molecule has 19 heavy (non-hydrogen) atoms. The highest BCUT2D eigenvalue weighted by atomic mass is 16.5. The molecule has 2 aliphatic rings. The minimum atomic E-state index is 0.533. The number of benzene rings is 1. The van der Waals surface area contributed by atoms with Crippen molar-refractivity contribution in [3.63, 3.8) is 0 Å². The van der Waals surface area contributed by atoms with E-state index in [-0.39, 0.29) is 0 Å². The van der Waals surface area contributed by atoms with Gasteiger partial charge in [0.1, 0.15) is 5.75 Å². The second-order valence-corrected chi connectivity index (χ2v) is 5.72. The van der Waals surface area contributed by atoms with E-state index in [4.69, 9.17) is 4.74 Å². The van der Waals surface area contributed by atoms with Crippen molar-refractivity contribution < 1.29 is 4.74 Å². The van der Waals surface area contributed by atoms with Gasteiger partial charge < -0.3 is 10.1 Å². The summed E-state index contributed by atoms with van der Waals surface area (Å²) in [4.78, 5) is 2.63. The first-order valence-corrected chi connectivity index (χ1v) is 7.46. The summed E-state index contributed by atoms with van der Waals surface area (Å²) in [5.41, 5.74) is 1.37. The predicted octanol–water partition coefficient (Wildman–Crippen LogP) is 2.44. The lowest BCUT2D eigenvalue weighted by Crippen LogP contribution is -2.45. The summed E-state index contributed by atoms with van der Waals surface area (Å²) in [6, 6.07) is 9.07. The van der Waals surface area contributed by atoms with Gasteiger partial charge >= 0.3 is 0 Å². The van der Waals surface area contributed by atoms with Gasteiger partial charge in [0.15, 0.2) is 0 Å². The fourth-order valence-electron chi connectivity index (χ4n) is 3.08. The monoisotopic (exact) mass is 260 g/mol. The average molecular weight is 260 g/mol. The van der Waals surface area contributed by atoms with Crippen LogP contribution in [0.15, 0.2) is 24.3 Å². The Hall–Kier alpha value is -1.06. The van der Waals surface area contributed by atoms with Crippen LogP contribution in [0.5, 0.6) is 5.75 Å². The Bertz CT molecular complexity index is 411. The zero-order chi connectivity index (χ0) is 13.1. The van der Waals surface area contributed by atoms with Crippen LogP contribution < -0.4 is 10.1 Å². The van der Waals surface area contributed by atoms with Crippen molar-refractivity contribution in [2.75, 3.05) is 33.3 Å². The number of hydrogen-bond acceptors (Lipinski definition) is 3. The second kappa shape index (κ2) is 5.93. The van der Waals surface area contributed by atoms with Crippen LogP contribution in [0.2, 0.25) is 0 Å². The highest BCUT2D eigenvalue weighted by Gasteiger charge is 2.31. The Morgan fingerprint density at radius 3 is 2.68 bits per heavy atom. The van der Waals surface area contributed by atoms with Crippen LogP contribution in [0.1, 0.15) is 30.9 Å². The van der Waals surface area contributed by atoms with E-state index in [9.17, 15) is 0 Å². The number of nitrogens with zero attached hydrogens (tertiary/aromatic N) is 1. The summed E-state index contributed by atoms with van der Waals surface area (Å²) in [7, 11) is 1.78. The van der Waals surface area contributed by atoms with Gasteiger partial charge in [0.2, 0.25) is 0 Å². The van der Waals surface area contributed by atoms with Crippen LogP contribution in [-0.2, 0) is 0 Å². The molecule has 0 radical (unpaired) electrons. The third-order valence-electron chi connectivity index (χ3n) is 4.34. The Kier molecular flexibility index (Phi) is 4.04. The summed E-state index contributed by atoms with van der Waals surface area (Å²) in [5, 5.41) is 3.45. The number of hydrogen-bond donors (Lipinski definition) is 1. The van der Waals surface area contributed by atoms with Gasteiger partial charge in [0, 0.05) is 37.8 Å². The van der Waals surface area contributed by atoms with Crippen molar-refractivity contribution in [3.8, 4) is 5.75 Å². The lowest BCUT2D eigenvalue weighted by molar-refractivity contribution is 0.158. The zero-order valence-corrected chi connectivity index (χ0v) is 11.8.